The Morgan fingerprint density at radius 1 is 1.41 bits per heavy atom. The molecular weight excluding hydrogens is 216 g/mol. The molecule has 0 bridgehead atoms. The van der Waals surface area contributed by atoms with Gasteiger partial charge in [-0.1, -0.05) is 33.6 Å². The lowest BCUT2D eigenvalue weighted by Gasteiger charge is -2.38. The van der Waals surface area contributed by atoms with Gasteiger partial charge in [-0.2, -0.15) is 0 Å². The zero-order valence-electron chi connectivity index (χ0n) is 11.4. The topological polar surface area (TPSA) is 35.5 Å². The molecule has 0 aliphatic heterocycles. The molecule has 100 valence electrons. The zero-order valence-corrected chi connectivity index (χ0v) is 11.4. The van der Waals surface area contributed by atoms with E-state index in [1.54, 1.807) is 0 Å². The van der Waals surface area contributed by atoms with Gasteiger partial charge in [0, 0.05) is 6.61 Å². The molecule has 0 aromatic carbocycles. The molecule has 17 heavy (non-hydrogen) atoms. The van der Waals surface area contributed by atoms with E-state index < -0.39 is 0 Å². The van der Waals surface area contributed by atoms with E-state index in [4.69, 9.17) is 4.74 Å². The summed E-state index contributed by atoms with van der Waals surface area (Å²) in [5, 5.41) is 0. The molecule has 1 fully saturated rings. The lowest BCUT2D eigenvalue weighted by molar-refractivity contribution is -0.130. The van der Waals surface area contributed by atoms with Crippen molar-refractivity contribution >= 4 is 6.47 Å². The molecular formula is C14H26O3. The van der Waals surface area contributed by atoms with Crippen LogP contribution in [0.1, 0.15) is 46.5 Å². The van der Waals surface area contributed by atoms with Crippen molar-refractivity contribution < 1.29 is 14.3 Å². The van der Waals surface area contributed by atoms with Gasteiger partial charge in [0.25, 0.3) is 6.47 Å². The van der Waals surface area contributed by atoms with Crippen LogP contribution in [0.25, 0.3) is 0 Å². The first-order valence-corrected chi connectivity index (χ1v) is 6.68. The quantitative estimate of drug-likeness (QED) is 0.508. The van der Waals surface area contributed by atoms with Gasteiger partial charge in [-0.3, -0.25) is 4.79 Å². The Balaban J connectivity index is 2.18. The molecule has 0 saturated heterocycles. The lowest BCUT2D eigenvalue weighted by atomic mass is 9.69. The Labute approximate surface area is 105 Å². The van der Waals surface area contributed by atoms with Gasteiger partial charge in [-0.15, -0.1) is 0 Å². The first kappa shape index (κ1) is 14.5. The van der Waals surface area contributed by atoms with E-state index in [0.29, 0.717) is 31.0 Å². The van der Waals surface area contributed by atoms with Crippen LogP contribution in [-0.4, -0.2) is 26.3 Å². The molecule has 0 radical (unpaired) electrons. The summed E-state index contributed by atoms with van der Waals surface area (Å²) in [5.41, 5.74) is 0.498. The van der Waals surface area contributed by atoms with Gasteiger partial charge in [0.15, 0.2) is 0 Å². The fourth-order valence-electron chi connectivity index (χ4n) is 2.80. The average Bonchev–Trinajstić information content (AvgIpc) is 2.27. The van der Waals surface area contributed by atoms with E-state index in [9.17, 15) is 4.79 Å². The van der Waals surface area contributed by atoms with E-state index in [2.05, 4.69) is 25.5 Å². The summed E-state index contributed by atoms with van der Waals surface area (Å²) in [6.07, 6.45) is 5.33. The van der Waals surface area contributed by atoms with Crippen LogP contribution >= 0.6 is 0 Å². The molecule has 1 aliphatic carbocycles. The predicted octanol–water partition coefficient (Wildman–Crippen LogP) is 3.03. The summed E-state index contributed by atoms with van der Waals surface area (Å²) < 4.78 is 10.1. The summed E-state index contributed by atoms with van der Waals surface area (Å²) in [6, 6.07) is 0. The highest BCUT2D eigenvalue weighted by molar-refractivity contribution is 5.36. The number of carbonyl (C=O) groups is 1. The normalized spacial score (nSPS) is 25.2. The number of ether oxygens (including phenoxy) is 2. The predicted molar refractivity (Wildman–Crippen MR) is 67.7 cm³/mol. The zero-order chi connectivity index (χ0) is 12.7. The maximum atomic E-state index is 9.94. The van der Waals surface area contributed by atoms with Gasteiger partial charge < -0.3 is 9.47 Å². The number of carbonyl (C=O) groups excluding carboxylic acids is 1. The summed E-state index contributed by atoms with van der Waals surface area (Å²) in [6.45, 7) is 9.13. The molecule has 3 heteroatoms. The van der Waals surface area contributed by atoms with Crippen LogP contribution in [-0.2, 0) is 14.3 Å². The van der Waals surface area contributed by atoms with Gasteiger partial charge in [-0.25, -0.2) is 0 Å². The van der Waals surface area contributed by atoms with Crippen LogP contribution in [0, 0.1) is 17.3 Å². The minimum atomic E-state index is 0.367. The Hall–Kier alpha value is -0.570. The fourth-order valence-corrected chi connectivity index (χ4v) is 2.80. The summed E-state index contributed by atoms with van der Waals surface area (Å²) in [7, 11) is 0. The minimum Gasteiger partial charge on any atom is -0.465 e. The Kier molecular flexibility index (Phi) is 5.96. The third-order valence-corrected chi connectivity index (χ3v) is 3.84. The van der Waals surface area contributed by atoms with Gasteiger partial charge in [0.1, 0.15) is 6.61 Å². The standard InChI is InChI=1S/C14H26O3/c1-12(10-16-7-8-17-11-15)13-5-4-6-14(2,3)9-13/h11-13H,4-10H2,1-3H3. The Bertz CT molecular complexity index is 226. The van der Waals surface area contributed by atoms with Crippen LogP contribution < -0.4 is 0 Å². The molecule has 0 spiro atoms. The smallest absolute Gasteiger partial charge is 0.293 e. The molecule has 1 rings (SSSR count). The third kappa shape index (κ3) is 5.53. The van der Waals surface area contributed by atoms with E-state index in [-0.39, 0.29) is 0 Å². The van der Waals surface area contributed by atoms with E-state index in [0.717, 1.165) is 12.5 Å². The van der Waals surface area contributed by atoms with E-state index in [1.165, 1.54) is 25.7 Å². The largest absolute Gasteiger partial charge is 0.465 e. The van der Waals surface area contributed by atoms with Gasteiger partial charge in [-0.05, 0) is 30.1 Å². The third-order valence-electron chi connectivity index (χ3n) is 3.84. The van der Waals surface area contributed by atoms with Crippen molar-refractivity contribution in [3.05, 3.63) is 0 Å². The molecule has 1 aliphatic rings. The van der Waals surface area contributed by atoms with Crippen LogP contribution in [0.5, 0.6) is 0 Å². The van der Waals surface area contributed by atoms with Gasteiger partial charge >= 0.3 is 0 Å². The van der Waals surface area contributed by atoms with Crippen molar-refractivity contribution in [1.82, 2.24) is 0 Å². The highest BCUT2D eigenvalue weighted by Gasteiger charge is 2.30. The molecule has 2 atom stereocenters. The van der Waals surface area contributed by atoms with E-state index >= 15 is 0 Å². The average molecular weight is 242 g/mol. The monoisotopic (exact) mass is 242 g/mol. The van der Waals surface area contributed by atoms with Crippen LogP contribution in [0.4, 0.5) is 0 Å². The van der Waals surface area contributed by atoms with Crippen molar-refractivity contribution in [3.63, 3.8) is 0 Å². The maximum absolute atomic E-state index is 9.94. The highest BCUT2D eigenvalue weighted by Crippen LogP contribution is 2.41. The second-order valence-electron chi connectivity index (χ2n) is 6.04. The second-order valence-corrected chi connectivity index (χ2v) is 6.04. The number of hydrogen-bond donors (Lipinski definition) is 0. The summed E-state index contributed by atoms with van der Waals surface area (Å²) >= 11 is 0. The van der Waals surface area contributed by atoms with Crippen molar-refractivity contribution in [2.75, 3.05) is 19.8 Å². The van der Waals surface area contributed by atoms with E-state index in [1.807, 2.05) is 0 Å². The van der Waals surface area contributed by atoms with Gasteiger partial charge in [0.2, 0.25) is 0 Å². The van der Waals surface area contributed by atoms with Gasteiger partial charge in [0.05, 0.1) is 6.61 Å². The Morgan fingerprint density at radius 2 is 2.18 bits per heavy atom. The number of hydrogen-bond acceptors (Lipinski definition) is 3. The highest BCUT2D eigenvalue weighted by atomic mass is 16.5. The van der Waals surface area contributed by atoms with Crippen molar-refractivity contribution in [2.45, 2.75) is 46.5 Å². The molecule has 0 amide bonds. The molecule has 3 nitrogen and oxygen atoms in total. The van der Waals surface area contributed by atoms with Crippen LogP contribution in [0.3, 0.4) is 0 Å². The molecule has 1 saturated carbocycles. The van der Waals surface area contributed by atoms with Crippen molar-refractivity contribution in [2.24, 2.45) is 17.3 Å². The molecule has 0 aromatic heterocycles. The molecule has 2 unspecified atom stereocenters. The lowest BCUT2D eigenvalue weighted by Crippen LogP contribution is -2.28. The summed E-state index contributed by atoms with van der Waals surface area (Å²) in [5.74, 6) is 1.39. The SMILES string of the molecule is CC(COCCOC=O)C1CCCC(C)(C)C1. The van der Waals surface area contributed by atoms with Crippen LogP contribution in [0.15, 0.2) is 0 Å². The molecule has 0 aromatic rings. The fraction of sp³-hybridized carbons (Fsp3) is 0.929. The second kappa shape index (κ2) is 7.00. The molecule has 0 heterocycles. The maximum Gasteiger partial charge on any atom is 0.293 e. The first-order valence-electron chi connectivity index (χ1n) is 6.68. The van der Waals surface area contributed by atoms with Crippen molar-refractivity contribution in [1.29, 1.82) is 0 Å². The first-order chi connectivity index (χ1) is 8.05. The Morgan fingerprint density at radius 3 is 2.82 bits per heavy atom. The summed E-state index contributed by atoms with van der Waals surface area (Å²) in [4.78, 5) is 9.94. The molecule has 0 N–H and O–H groups in total. The van der Waals surface area contributed by atoms with Crippen LogP contribution in [0.2, 0.25) is 0 Å². The minimum absolute atomic E-state index is 0.367. The van der Waals surface area contributed by atoms with Crippen molar-refractivity contribution in [3.8, 4) is 0 Å². The number of rotatable bonds is 7.